The largest absolute Gasteiger partial charge is 0.491 e. The van der Waals surface area contributed by atoms with Crippen LogP contribution in [0.3, 0.4) is 0 Å². The van der Waals surface area contributed by atoms with Crippen molar-refractivity contribution in [3.63, 3.8) is 0 Å². The van der Waals surface area contributed by atoms with Crippen molar-refractivity contribution in [2.45, 2.75) is 13.1 Å². The first kappa shape index (κ1) is 21.2. The minimum absolute atomic E-state index is 0.0492. The summed E-state index contributed by atoms with van der Waals surface area (Å²) in [5.74, 6) is -1.81. The quantitative estimate of drug-likeness (QED) is 0.332. The van der Waals surface area contributed by atoms with Crippen LogP contribution in [0.25, 0.3) is 0 Å². The van der Waals surface area contributed by atoms with Crippen molar-refractivity contribution in [1.82, 2.24) is 0 Å². The summed E-state index contributed by atoms with van der Waals surface area (Å²) in [4.78, 5) is 0. The third kappa shape index (κ3) is 4.11. The van der Waals surface area contributed by atoms with Gasteiger partial charge in [-0.25, -0.2) is 4.39 Å². The molecule has 4 aromatic carbocycles. The van der Waals surface area contributed by atoms with Crippen LogP contribution in [0.2, 0.25) is 0 Å². The van der Waals surface area contributed by atoms with Gasteiger partial charge in [0.05, 0.1) is 6.61 Å². The van der Waals surface area contributed by atoms with E-state index in [0.29, 0.717) is 11.7 Å². The second-order valence-electron chi connectivity index (χ2n) is 7.26. The Kier molecular flexibility index (Phi) is 6.44. The molecular weight excluding hydrogens is 409 g/mol. The molecule has 4 aromatic rings. The fourth-order valence-electron chi connectivity index (χ4n) is 3.98. The zero-order chi connectivity index (χ0) is 21.7. The number of hydrogen-bond acceptors (Lipinski definition) is 1. The second kappa shape index (κ2) is 9.41. The molecule has 0 bridgehead atoms. The Morgan fingerprint density at radius 2 is 1.06 bits per heavy atom. The van der Waals surface area contributed by atoms with Gasteiger partial charge in [0.25, 0.3) is 0 Å². The molecule has 0 aliphatic carbocycles. The molecule has 0 aliphatic heterocycles. The van der Waals surface area contributed by atoms with Crippen LogP contribution in [0, 0.1) is 11.6 Å². The first-order chi connectivity index (χ1) is 15.2. The third-order valence-electron chi connectivity index (χ3n) is 5.43. The van der Waals surface area contributed by atoms with Crippen LogP contribution in [0.15, 0.2) is 103 Å². The fraction of sp³-hybridized carbons (Fsp3) is 0.111. The molecule has 0 aromatic heterocycles. The average Bonchev–Trinajstić information content (AvgIpc) is 2.83. The smallest absolute Gasteiger partial charge is 0.201 e. The van der Waals surface area contributed by atoms with Crippen LogP contribution < -0.4 is 20.7 Å². The molecule has 0 aliphatic rings. The van der Waals surface area contributed by atoms with Crippen molar-refractivity contribution < 1.29 is 13.5 Å². The lowest BCUT2D eigenvalue weighted by Crippen LogP contribution is -2.32. The Labute approximate surface area is 182 Å². The van der Waals surface area contributed by atoms with Crippen LogP contribution in [-0.2, 0) is 6.16 Å². The van der Waals surface area contributed by atoms with Gasteiger partial charge in [-0.2, -0.15) is 4.39 Å². The minimum atomic E-state index is -2.30. The lowest BCUT2D eigenvalue weighted by Gasteiger charge is -2.28. The monoisotopic (exact) mass is 433 g/mol. The van der Waals surface area contributed by atoms with Gasteiger partial charge < -0.3 is 4.74 Å². The van der Waals surface area contributed by atoms with E-state index in [4.69, 9.17) is 4.74 Å². The second-order valence-corrected chi connectivity index (χ2v) is 10.7. The van der Waals surface area contributed by atoms with E-state index in [1.165, 1.54) is 6.07 Å². The summed E-state index contributed by atoms with van der Waals surface area (Å²) in [6.07, 6.45) is 0.375. The Hall–Kier alpha value is -3.03. The molecule has 0 saturated carbocycles. The molecule has 0 atom stereocenters. The van der Waals surface area contributed by atoms with Crippen molar-refractivity contribution in [1.29, 1.82) is 0 Å². The minimum Gasteiger partial charge on any atom is -0.491 e. The van der Waals surface area contributed by atoms with E-state index >= 15 is 4.39 Å². The van der Waals surface area contributed by atoms with Crippen LogP contribution >= 0.6 is 7.26 Å². The van der Waals surface area contributed by atoms with E-state index in [2.05, 4.69) is 36.4 Å². The van der Waals surface area contributed by atoms with Gasteiger partial charge in [-0.3, -0.25) is 0 Å². The Bertz CT molecular complexity index is 1040. The topological polar surface area (TPSA) is 9.23 Å². The van der Waals surface area contributed by atoms with E-state index < -0.39 is 18.9 Å². The van der Waals surface area contributed by atoms with Crippen LogP contribution in [0.1, 0.15) is 12.5 Å². The van der Waals surface area contributed by atoms with E-state index in [1.807, 2.05) is 54.6 Å². The molecule has 0 N–H and O–H groups in total. The molecule has 0 unspecified atom stereocenters. The summed E-state index contributed by atoms with van der Waals surface area (Å²) in [5.41, 5.74) is 0.353. The molecule has 4 rings (SSSR count). The van der Waals surface area contributed by atoms with Gasteiger partial charge in [-0.05, 0) is 55.5 Å². The molecule has 31 heavy (non-hydrogen) atoms. The van der Waals surface area contributed by atoms with Gasteiger partial charge in [-0.15, -0.1) is 0 Å². The van der Waals surface area contributed by atoms with Gasteiger partial charge in [0.1, 0.15) is 29.3 Å². The molecule has 1 nitrogen and oxygen atoms in total. The zero-order valence-corrected chi connectivity index (χ0v) is 18.2. The number of ether oxygens (including phenoxy) is 1. The lowest BCUT2D eigenvalue weighted by atomic mass is 10.2. The van der Waals surface area contributed by atoms with Crippen molar-refractivity contribution in [3.8, 4) is 5.75 Å². The predicted octanol–water partition coefficient (Wildman–Crippen LogP) is 5.86. The Morgan fingerprint density at radius 3 is 1.48 bits per heavy atom. The van der Waals surface area contributed by atoms with Crippen molar-refractivity contribution in [2.75, 3.05) is 6.61 Å². The first-order valence-corrected chi connectivity index (χ1v) is 12.3. The lowest BCUT2D eigenvalue weighted by molar-refractivity contribution is 0.313. The van der Waals surface area contributed by atoms with Gasteiger partial charge in [0, 0.05) is 5.56 Å². The Morgan fingerprint density at radius 1 is 0.613 bits per heavy atom. The van der Waals surface area contributed by atoms with Gasteiger partial charge in [0.2, 0.25) is 5.82 Å². The number of hydrogen-bond donors (Lipinski definition) is 0. The molecule has 0 amide bonds. The van der Waals surface area contributed by atoms with Crippen LogP contribution in [0.5, 0.6) is 5.75 Å². The summed E-state index contributed by atoms with van der Waals surface area (Å²) in [6, 6.07) is 33.7. The van der Waals surface area contributed by atoms with Crippen molar-refractivity contribution in [2.24, 2.45) is 0 Å². The molecule has 0 heterocycles. The normalized spacial score (nSPS) is 11.3. The van der Waals surface area contributed by atoms with Crippen LogP contribution in [0.4, 0.5) is 8.78 Å². The zero-order valence-electron chi connectivity index (χ0n) is 17.3. The molecule has 0 fully saturated rings. The van der Waals surface area contributed by atoms with E-state index in [1.54, 1.807) is 13.0 Å². The summed E-state index contributed by atoms with van der Waals surface area (Å²) >= 11 is 0. The fourth-order valence-corrected chi connectivity index (χ4v) is 8.23. The number of rotatable bonds is 7. The highest BCUT2D eigenvalue weighted by Crippen LogP contribution is 2.58. The molecule has 0 saturated heterocycles. The summed E-state index contributed by atoms with van der Waals surface area (Å²) in [7, 11) is -2.30. The highest BCUT2D eigenvalue weighted by molar-refractivity contribution is 7.95. The molecule has 0 spiro atoms. The maximum absolute atomic E-state index is 15.2. The first-order valence-electron chi connectivity index (χ1n) is 10.3. The highest BCUT2D eigenvalue weighted by atomic mass is 31.2. The molecular formula is C27H24F2OP+. The van der Waals surface area contributed by atoms with Gasteiger partial charge in [-0.1, -0.05) is 54.6 Å². The third-order valence-corrected chi connectivity index (χ3v) is 9.78. The molecule has 0 radical (unpaired) electrons. The van der Waals surface area contributed by atoms with E-state index in [-0.39, 0.29) is 12.4 Å². The summed E-state index contributed by atoms with van der Waals surface area (Å²) in [5, 5.41) is 3.38. The van der Waals surface area contributed by atoms with Gasteiger partial charge >= 0.3 is 0 Å². The van der Waals surface area contributed by atoms with Crippen molar-refractivity contribution in [3.05, 3.63) is 120 Å². The maximum atomic E-state index is 15.2. The maximum Gasteiger partial charge on any atom is 0.201 e. The van der Waals surface area contributed by atoms with E-state index in [9.17, 15) is 4.39 Å². The van der Waals surface area contributed by atoms with Crippen molar-refractivity contribution >= 4 is 23.2 Å². The summed E-state index contributed by atoms with van der Waals surface area (Å²) in [6.45, 7) is 2.03. The molecule has 156 valence electrons. The Balaban J connectivity index is 1.97. The van der Waals surface area contributed by atoms with Gasteiger partial charge in [0.15, 0.2) is 11.6 Å². The standard InChI is InChI=1S/C27H24F2OP/c1-2-30-25-19-18-21(26(28)27(25)29)20-31(22-12-6-3-7-13-22,23-14-8-4-9-15-23)24-16-10-5-11-17-24/h3-19H,2,20H2,1H3/q+1. The SMILES string of the molecule is CCOc1ccc(C[P+](c2ccccc2)(c2ccccc2)c2ccccc2)c(F)c1F. The molecule has 4 heteroatoms. The average molecular weight is 433 g/mol. The summed E-state index contributed by atoms with van der Waals surface area (Å²) < 4.78 is 35.2. The predicted molar refractivity (Wildman–Crippen MR) is 126 cm³/mol. The number of halogens is 2. The van der Waals surface area contributed by atoms with Crippen LogP contribution in [-0.4, -0.2) is 6.61 Å². The number of benzene rings is 4. The van der Waals surface area contributed by atoms with E-state index in [0.717, 1.165) is 15.9 Å². The highest BCUT2D eigenvalue weighted by Gasteiger charge is 2.46.